The Bertz CT molecular complexity index is 859. The van der Waals surface area contributed by atoms with Crippen molar-refractivity contribution < 1.29 is 9.59 Å². The van der Waals surface area contributed by atoms with Gasteiger partial charge in [-0.2, -0.15) is 5.26 Å². The average molecular weight is 390 g/mol. The minimum absolute atomic E-state index is 0.0820. The van der Waals surface area contributed by atoms with E-state index in [4.69, 9.17) is 5.26 Å². The number of hydrogen-bond donors (Lipinski definition) is 1. The summed E-state index contributed by atoms with van der Waals surface area (Å²) in [6.07, 6.45) is 1.24. The number of nitriles is 1. The molecule has 0 bridgehead atoms. The molecule has 1 aliphatic rings. The molecule has 6 nitrogen and oxygen atoms in total. The van der Waals surface area contributed by atoms with Crippen molar-refractivity contribution in [2.45, 2.75) is 19.4 Å². The van der Waals surface area contributed by atoms with Crippen molar-refractivity contribution in [2.24, 2.45) is 0 Å². The molecule has 1 aliphatic heterocycles. The smallest absolute Gasteiger partial charge is 0.251 e. The molecule has 0 saturated carbocycles. The van der Waals surface area contributed by atoms with Gasteiger partial charge >= 0.3 is 0 Å². The maximum Gasteiger partial charge on any atom is 0.251 e. The van der Waals surface area contributed by atoms with Crippen LogP contribution in [0.25, 0.3) is 0 Å². The van der Waals surface area contributed by atoms with Crippen LogP contribution in [0.5, 0.6) is 0 Å². The molecule has 0 aromatic heterocycles. The van der Waals surface area contributed by atoms with E-state index in [1.165, 1.54) is 5.56 Å². The van der Waals surface area contributed by atoms with Gasteiger partial charge in [0.15, 0.2) is 0 Å². The zero-order chi connectivity index (χ0) is 20.5. The summed E-state index contributed by atoms with van der Waals surface area (Å²) in [4.78, 5) is 28.8. The van der Waals surface area contributed by atoms with E-state index in [1.807, 2.05) is 47.4 Å². The summed E-state index contributed by atoms with van der Waals surface area (Å²) >= 11 is 0. The summed E-state index contributed by atoms with van der Waals surface area (Å²) in [5.41, 5.74) is 2.45. The third-order valence-corrected chi connectivity index (χ3v) is 5.09. The molecule has 0 atom stereocenters. The van der Waals surface area contributed by atoms with E-state index in [1.54, 1.807) is 12.1 Å². The fourth-order valence-electron chi connectivity index (χ4n) is 3.45. The summed E-state index contributed by atoms with van der Waals surface area (Å²) in [6, 6.07) is 18.8. The van der Waals surface area contributed by atoms with Gasteiger partial charge in [0, 0.05) is 51.3 Å². The number of amides is 2. The van der Waals surface area contributed by atoms with Gasteiger partial charge in [0.1, 0.15) is 0 Å². The van der Waals surface area contributed by atoms with E-state index in [0.717, 1.165) is 32.6 Å². The van der Waals surface area contributed by atoms with Crippen LogP contribution in [0.15, 0.2) is 54.6 Å². The molecule has 1 N–H and O–H groups in total. The van der Waals surface area contributed by atoms with E-state index < -0.39 is 0 Å². The molecule has 1 fully saturated rings. The highest BCUT2D eigenvalue weighted by Crippen LogP contribution is 2.11. The van der Waals surface area contributed by atoms with E-state index in [0.29, 0.717) is 30.6 Å². The SMILES string of the molecule is N#Cc1ccc(CN2CCCN(C(=O)CCNC(=O)c3ccccc3)CC2)cc1. The molecular weight excluding hydrogens is 364 g/mol. The zero-order valence-electron chi connectivity index (χ0n) is 16.5. The van der Waals surface area contributed by atoms with Crippen molar-refractivity contribution in [1.82, 2.24) is 15.1 Å². The zero-order valence-corrected chi connectivity index (χ0v) is 16.5. The topological polar surface area (TPSA) is 76.4 Å². The van der Waals surface area contributed by atoms with Crippen LogP contribution in [0.2, 0.25) is 0 Å². The van der Waals surface area contributed by atoms with Crippen LogP contribution in [-0.4, -0.2) is 54.3 Å². The van der Waals surface area contributed by atoms with Gasteiger partial charge in [-0.05, 0) is 36.2 Å². The molecule has 2 aromatic carbocycles. The maximum atomic E-state index is 12.5. The van der Waals surface area contributed by atoms with Gasteiger partial charge in [0.25, 0.3) is 5.91 Å². The normalized spacial score (nSPS) is 14.7. The van der Waals surface area contributed by atoms with E-state index >= 15 is 0 Å². The summed E-state index contributed by atoms with van der Waals surface area (Å²) in [7, 11) is 0. The quantitative estimate of drug-likeness (QED) is 0.822. The summed E-state index contributed by atoms with van der Waals surface area (Å²) in [5, 5.41) is 11.7. The highest BCUT2D eigenvalue weighted by atomic mass is 16.2. The van der Waals surface area contributed by atoms with Crippen LogP contribution >= 0.6 is 0 Å². The Hall–Kier alpha value is -3.17. The first-order valence-corrected chi connectivity index (χ1v) is 9.98. The third kappa shape index (κ3) is 6.16. The standard InChI is InChI=1S/C23H26N4O2/c24-17-19-7-9-20(10-8-19)18-26-13-4-14-27(16-15-26)22(28)11-12-25-23(29)21-5-2-1-3-6-21/h1-3,5-10H,4,11-16,18H2,(H,25,29). The van der Waals surface area contributed by atoms with Gasteiger partial charge in [-0.3, -0.25) is 14.5 Å². The number of hydrogen-bond acceptors (Lipinski definition) is 4. The van der Waals surface area contributed by atoms with Crippen molar-refractivity contribution in [3.63, 3.8) is 0 Å². The van der Waals surface area contributed by atoms with Gasteiger partial charge < -0.3 is 10.2 Å². The molecule has 1 heterocycles. The lowest BCUT2D eigenvalue weighted by atomic mass is 10.1. The second kappa shape index (κ2) is 10.4. The molecule has 150 valence electrons. The van der Waals surface area contributed by atoms with Crippen LogP contribution in [0.3, 0.4) is 0 Å². The van der Waals surface area contributed by atoms with Crippen molar-refractivity contribution in [1.29, 1.82) is 5.26 Å². The Labute approximate surface area is 171 Å². The van der Waals surface area contributed by atoms with Crippen molar-refractivity contribution in [3.05, 3.63) is 71.3 Å². The predicted octanol–water partition coefficient (Wildman–Crippen LogP) is 2.41. The Morgan fingerprint density at radius 2 is 1.72 bits per heavy atom. The monoisotopic (exact) mass is 390 g/mol. The highest BCUT2D eigenvalue weighted by Gasteiger charge is 2.19. The van der Waals surface area contributed by atoms with E-state index in [2.05, 4.69) is 16.3 Å². The Morgan fingerprint density at radius 1 is 0.966 bits per heavy atom. The number of benzene rings is 2. The first-order chi connectivity index (χ1) is 14.2. The van der Waals surface area contributed by atoms with E-state index in [-0.39, 0.29) is 11.8 Å². The van der Waals surface area contributed by atoms with Crippen LogP contribution in [-0.2, 0) is 11.3 Å². The van der Waals surface area contributed by atoms with Gasteiger partial charge in [0.05, 0.1) is 11.6 Å². The molecule has 0 radical (unpaired) electrons. The molecule has 0 spiro atoms. The lowest BCUT2D eigenvalue weighted by Gasteiger charge is -2.22. The van der Waals surface area contributed by atoms with Crippen LogP contribution < -0.4 is 5.32 Å². The number of nitrogens with zero attached hydrogens (tertiary/aromatic N) is 3. The number of nitrogens with one attached hydrogen (secondary N) is 1. The van der Waals surface area contributed by atoms with Crippen LogP contribution in [0.4, 0.5) is 0 Å². The number of carbonyl (C=O) groups is 2. The van der Waals surface area contributed by atoms with Crippen LogP contribution in [0.1, 0.15) is 34.3 Å². The minimum Gasteiger partial charge on any atom is -0.352 e. The Balaban J connectivity index is 1.42. The van der Waals surface area contributed by atoms with Crippen molar-refractivity contribution in [2.75, 3.05) is 32.7 Å². The summed E-state index contributed by atoms with van der Waals surface area (Å²) in [5.74, 6) is -0.0681. The average Bonchev–Trinajstić information content (AvgIpc) is 3.00. The molecule has 1 saturated heterocycles. The van der Waals surface area contributed by atoms with Gasteiger partial charge in [0.2, 0.25) is 5.91 Å². The fraction of sp³-hybridized carbons (Fsp3) is 0.348. The second-order valence-electron chi connectivity index (χ2n) is 7.19. The molecule has 2 amide bonds. The first-order valence-electron chi connectivity index (χ1n) is 9.98. The molecule has 3 rings (SSSR count). The first kappa shape index (κ1) is 20.6. The fourth-order valence-corrected chi connectivity index (χ4v) is 3.45. The molecule has 0 aliphatic carbocycles. The maximum absolute atomic E-state index is 12.5. The van der Waals surface area contributed by atoms with Gasteiger partial charge in [-0.25, -0.2) is 0 Å². The van der Waals surface area contributed by atoms with Crippen molar-refractivity contribution >= 4 is 11.8 Å². The second-order valence-corrected chi connectivity index (χ2v) is 7.19. The number of carbonyl (C=O) groups excluding carboxylic acids is 2. The van der Waals surface area contributed by atoms with Crippen molar-refractivity contribution in [3.8, 4) is 6.07 Å². The van der Waals surface area contributed by atoms with Gasteiger partial charge in [-0.15, -0.1) is 0 Å². The predicted molar refractivity (Wildman–Crippen MR) is 111 cm³/mol. The molecule has 2 aromatic rings. The van der Waals surface area contributed by atoms with Crippen LogP contribution in [0, 0.1) is 11.3 Å². The molecule has 0 unspecified atom stereocenters. The minimum atomic E-state index is -0.150. The molecular formula is C23H26N4O2. The highest BCUT2D eigenvalue weighted by molar-refractivity contribution is 5.94. The Morgan fingerprint density at radius 3 is 2.45 bits per heavy atom. The largest absolute Gasteiger partial charge is 0.352 e. The summed E-state index contributed by atoms with van der Waals surface area (Å²) < 4.78 is 0. The lowest BCUT2D eigenvalue weighted by molar-refractivity contribution is -0.130. The number of rotatable bonds is 6. The van der Waals surface area contributed by atoms with E-state index in [9.17, 15) is 9.59 Å². The van der Waals surface area contributed by atoms with Gasteiger partial charge in [-0.1, -0.05) is 30.3 Å². The third-order valence-electron chi connectivity index (χ3n) is 5.09. The lowest BCUT2D eigenvalue weighted by Crippen LogP contribution is -2.37. The summed E-state index contributed by atoms with van der Waals surface area (Å²) in [6.45, 7) is 4.37. The Kier molecular flexibility index (Phi) is 7.37. The molecule has 29 heavy (non-hydrogen) atoms. The molecule has 6 heteroatoms.